The molecule has 2 fully saturated rings. The van der Waals surface area contributed by atoms with Gasteiger partial charge < -0.3 is 20.1 Å². The highest BCUT2D eigenvalue weighted by atomic mass is 16.6. The van der Waals surface area contributed by atoms with Crippen LogP contribution in [-0.2, 0) is 9.59 Å². The average Bonchev–Trinajstić information content (AvgIpc) is 2.88. The van der Waals surface area contributed by atoms with Crippen LogP contribution in [0, 0.1) is 27.4 Å². The molecule has 1 aromatic heterocycles. The maximum Gasteiger partial charge on any atom is 0.389 e. The van der Waals surface area contributed by atoms with Crippen molar-refractivity contribution in [2.75, 3.05) is 13.1 Å². The van der Waals surface area contributed by atoms with Crippen LogP contribution in [0.25, 0.3) is 0 Å². The number of nitro groups is 1. The van der Waals surface area contributed by atoms with E-state index in [2.05, 4.69) is 5.10 Å². The number of rotatable bonds is 4. The second kappa shape index (κ2) is 5.57. The van der Waals surface area contributed by atoms with Gasteiger partial charge in [0.25, 0.3) is 0 Å². The third kappa shape index (κ3) is 2.63. The number of aliphatic carboxylic acids is 1. The van der Waals surface area contributed by atoms with Gasteiger partial charge in [0.05, 0.1) is 35.2 Å². The Balaban J connectivity index is 1.60. The molecule has 0 radical (unpaired) electrons. The summed E-state index contributed by atoms with van der Waals surface area (Å²) in [6, 6.07) is 1.38. The minimum absolute atomic E-state index is 0.0187. The quantitative estimate of drug-likeness (QED) is 0.654. The third-order valence-corrected chi connectivity index (χ3v) is 5.29. The lowest BCUT2D eigenvalue weighted by Crippen LogP contribution is -2.40. The van der Waals surface area contributed by atoms with Crippen molar-refractivity contribution in [1.82, 2.24) is 14.7 Å². The molecule has 2 heterocycles. The molecule has 1 N–H and O–H groups in total. The number of carbonyl (C=O) groups is 2. The first-order chi connectivity index (χ1) is 11.2. The Labute approximate surface area is 138 Å². The van der Waals surface area contributed by atoms with E-state index in [1.807, 2.05) is 13.8 Å². The number of likely N-dealkylation sites (tertiary alicyclic amines) is 1. The molecule has 1 amide bonds. The molecule has 0 aromatic carbocycles. The van der Waals surface area contributed by atoms with Crippen molar-refractivity contribution in [2.24, 2.45) is 17.3 Å². The lowest BCUT2D eigenvalue weighted by atomic mass is 10.0. The van der Waals surface area contributed by atoms with Crippen molar-refractivity contribution in [3.05, 3.63) is 22.4 Å². The maximum atomic E-state index is 12.6. The maximum absolute atomic E-state index is 12.6. The van der Waals surface area contributed by atoms with Crippen LogP contribution in [0.4, 0.5) is 5.82 Å². The highest BCUT2D eigenvalue weighted by Gasteiger charge is 2.66. The fourth-order valence-electron chi connectivity index (χ4n) is 3.74. The lowest BCUT2D eigenvalue weighted by molar-refractivity contribution is -0.389. The first-order valence-electron chi connectivity index (χ1n) is 7.94. The van der Waals surface area contributed by atoms with E-state index < -0.39 is 28.1 Å². The number of hydrogen-bond donors (Lipinski definition) is 1. The summed E-state index contributed by atoms with van der Waals surface area (Å²) in [5.41, 5.74) is -0.498. The van der Waals surface area contributed by atoms with Crippen LogP contribution in [0.1, 0.15) is 32.7 Å². The number of amides is 1. The van der Waals surface area contributed by atoms with E-state index in [-0.39, 0.29) is 17.8 Å². The number of carboxylic acids is 1. The molecule has 3 rings (SSSR count). The van der Waals surface area contributed by atoms with Crippen LogP contribution in [0.15, 0.2) is 12.3 Å². The van der Waals surface area contributed by atoms with E-state index in [0.29, 0.717) is 25.9 Å². The number of nitrogens with zero attached hydrogens (tertiary/aromatic N) is 4. The first kappa shape index (κ1) is 16.4. The van der Waals surface area contributed by atoms with Crippen LogP contribution in [-0.4, -0.2) is 49.7 Å². The normalized spacial score (nSPS) is 26.2. The van der Waals surface area contributed by atoms with Gasteiger partial charge in [0.1, 0.15) is 0 Å². The van der Waals surface area contributed by atoms with Gasteiger partial charge in [-0.2, -0.15) is 4.68 Å². The van der Waals surface area contributed by atoms with Gasteiger partial charge in [-0.1, -0.05) is 13.8 Å². The zero-order valence-electron chi connectivity index (χ0n) is 13.6. The Hall–Kier alpha value is -2.45. The molecule has 1 aliphatic heterocycles. The molecule has 1 saturated carbocycles. The second-order valence-corrected chi connectivity index (χ2v) is 7.08. The third-order valence-electron chi connectivity index (χ3n) is 5.29. The van der Waals surface area contributed by atoms with Crippen molar-refractivity contribution in [1.29, 1.82) is 0 Å². The molecule has 1 saturated heterocycles. The number of aromatic nitrogens is 2. The van der Waals surface area contributed by atoms with Crippen LogP contribution in [0.5, 0.6) is 0 Å². The average molecular weight is 336 g/mol. The van der Waals surface area contributed by atoms with E-state index >= 15 is 0 Å². The Morgan fingerprint density at radius 1 is 1.33 bits per heavy atom. The minimum atomic E-state index is -0.919. The lowest BCUT2D eigenvalue weighted by Gasteiger charge is -2.31. The van der Waals surface area contributed by atoms with Crippen LogP contribution in [0.2, 0.25) is 0 Å². The molecule has 2 aliphatic rings. The molecule has 2 atom stereocenters. The van der Waals surface area contributed by atoms with Gasteiger partial charge in [0.2, 0.25) is 5.91 Å². The zero-order chi connectivity index (χ0) is 17.6. The SMILES string of the molecule is CC1(C)[C@H](C(=O)O)[C@@H]1C(=O)N1CCC(n2ccc([N+](=O)[O-])n2)CC1. The number of carbonyl (C=O) groups excluding carboxylic acids is 1. The smallest absolute Gasteiger partial charge is 0.389 e. The predicted molar refractivity (Wildman–Crippen MR) is 82.1 cm³/mol. The fourth-order valence-corrected chi connectivity index (χ4v) is 3.74. The summed E-state index contributed by atoms with van der Waals surface area (Å²) in [6.07, 6.45) is 2.88. The minimum Gasteiger partial charge on any atom is -0.481 e. The monoisotopic (exact) mass is 336 g/mol. The van der Waals surface area contributed by atoms with Gasteiger partial charge in [0, 0.05) is 13.1 Å². The summed E-state index contributed by atoms with van der Waals surface area (Å²) in [5, 5.41) is 23.8. The highest BCUT2D eigenvalue weighted by molar-refractivity contribution is 5.91. The molecule has 9 nitrogen and oxygen atoms in total. The molecule has 24 heavy (non-hydrogen) atoms. The van der Waals surface area contributed by atoms with Crippen LogP contribution in [0.3, 0.4) is 0 Å². The summed E-state index contributed by atoms with van der Waals surface area (Å²) in [5.74, 6) is -2.28. The van der Waals surface area contributed by atoms with Crippen LogP contribution >= 0.6 is 0 Å². The Morgan fingerprint density at radius 3 is 2.42 bits per heavy atom. The van der Waals surface area contributed by atoms with Crippen molar-refractivity contribution in [3.63, 3.8) is 0 Å². The number of carboxylic acid groups (broad SMARTS) is 1. The molecule has 1 aromatic rings. The topological polar surface area (TPSA) is 119 Å². The number of hydrogen-bond acceptors (Lipinski definition) is 5. The van der Waals surface area contributed by atoms with Gasteiger partial charge in [-0.3, -0.25) is 9.59 Å². The summed E-state index contributed by atoms with van der Waals surface area (Å²) in [7, 11) is 0. The standard InChI is InChI=1S/C15H20N4O5/c1-15(2)11(12(15)14(21)22)13(20)17-6-3-9(4-7-17)18-8-5-10(16-18)19(23)24/h5,8-9,11-12H,3-4,6-7H2,1-2H3,(H,21,22)/t11-,12+/m1/s1. The summed E-state index contributed by atoms with van der Waals surface area (Å²) in [4.78, 5) is 35.7. The van der Waals surface area contributed by atoms with Crippen molar-refractivity contribution in [3.8, 4) is 0 Å². The van der Waals surface area contributed by atoms with Gasteiger partial charge in [0.15, 0.2) is 0 Å². The molecular weight excluding hydrogens is 316 g/mol. The van der Waals surface area contributed by atoms with Crippen molar-refractivity contribution >= 4 is 17.7 Å². The van der Waals surface area contributed by atoms with E-state index in [9.17, 15) is 24.8 Å². The number of piperidine rings is 1. The van der Waals surface area contributed by atoms with E-state index in [0.717, 1.165) is 0 Å². The highest BCUT2D eigenvalue weighted by Crippen LogP contribution is 2.59. The van der Waals surface area contributed by atoms with Gasteiger partial charge in [-0.05, 0) is 23.2 Å². The van der Waals surface area contributed by atoms with E-state index in [1.54, 1.807) is 15.8 Å². The van der Waals surface area contributed by atoms with Gasteiger partial charge in [-0.15, -0.1) is 0 Å². The van der Waals surface area contributed by atoms with Crippen molar-refractivity contribution in [2.45, 2.75) is 32.7 Å². The summed E-state index contributed by atoms with van der Waals surface area (Å²) < 4.78 is 1.58. The molecule has 130 valence electrons. The van der Waals surface area contributed by atoms with E-state index in [4.69, 9.17) is 0 Å². The van der Waals surface area contributed by atoms with Gasteiger partial charge in [-0.25, -0.2) is 0 Å². The molecule has 0 spiro atoms. The van der Waals surface area contributed by atoms with Gasteiger partial charge >= 0.3 is 11.8 Å². The van der Waals surface area contributed by atoms with E-state index in [1.165, 1.54) is 6.07 Å². The zero-order valence-corrected chi connectivity index (χ0v) is 13.6. The largest absolute Gasteiger partial charge is 0.481 e. The molecule has 0 unspecified atom stereocenters. The summed E-state index contributed by atoms with van der Waals surface area (Å²) in [6.45, 7) is 4.64. The Morgan fingerprint density at radius 2 is 1.96 bits per heavy atom. The first-order valence-corrected chi connectivity index (χ1v) is 7.94. The Kier molecular flexibility index (Phi) is 3.81. The molecular formula is C15H20N4O5. The second-order valence-electron chi connectivity index (χ2n) is 7.08. The predicted octanol–water partition coefficient (Wildman–Crippen LogP) is 1.31. The summed E-state index contributed by atoms with van der Waals surface area (Å²) >= 11 is 0. The Bertz CT molecular complexity index is 690. The molecule has 0 bridgehead atoms. The fraction of sp³-hybridized carbons (Fsp3) is 0.667. The molecule has 1 aliphatic carbocycles. The van der Waals surface area contributed by atoms with Crippen molar-refractivity contribution < 1.29 is 19.6 Å². The van der Waals surface area contributed by atoms with Crippen LogP contribution < -0.4 is 0 Å². The molecule has 9 heteroatoms.